The van der Waals surface area contributed by atoms with Gasteiger partial charge in [-0.1, -0.05) is 89.3 Å². The summed E-state index contributed by atoms with van der Waals surface area (Å²) in [6, 6.07) is 4.03. The van der Waals surface area contributed by atoms with Crippen LogP contribution in [0.1, 0.15) is 112 Å². The number of rotatable bonds is 15. The molecule has 0 amide bonds. The van der Waals surface area contributed by atoms with Crippen molar-refractivity contribution >= 4 is 20.9 Å². The Morgan fingerprint density at radius 3 is 1.81 bits per heavy atom. The molecule has 0 radical (unpaired) electrons. The molecule has 31 heavy (non-hydrogen) atoms. The van der Waals surface area contributed by atoms with Crippen molar-refractivity contribution in [1.29, 1.82) is 0 Å². The quantitative estimate of drug-likeness (QED) is 0.0926. The number of esters is 1. The number of benzene rings is 1. The second kappa shape index (κ2) is 18.2. The molecule has 0 N–H and O–H groups in total. The summed E-state index contributed by atoms with van der Waals surface area (Å²) in [5.41, 5.74) is 3.73. The Morgan fingerprint density at radius 2 is 1.29 bits per heavy atom. The minimum Gasteiger partial charge on any atom is -0.465 e. The Morgan fingerprint density at radius 1 is 0.806 bits per heavy atom. The summed E-state index contributed by atoms with van der Waals surface area (Å²) >= 11 is 0. The van der Waals surface area contributed by atoms with Crippen LogP contribution in [0.4, 0.5) is 0 Å². The van der Waals surface area contributed by atoms with Gasteiger partial charge < -0.3 is 9.30 Å². The summed E-state index contributed by atoms with van der Waals surface area (Å²) in [5.74, 6) is -1.09. The highest BCUT2D eigenvalue weighted by Gasteiger charge is 2.30. The van der Waals surface area contributed by atoms with E-state index in [-0.39, 0.29) is 11.8 Å². The minimum absolute atomic E-state index is 0.0747. The van der Waals surface area contributed by atoms with E-state index in [0.29, 0.717) is 27.7 Å². The molecule has 2 unspecified atom stereocenters. The Kier molecular flexibility index (Phi) is 17.4. The fourth-order valence-corrected chi connectivity index (χ4v) is 4.02. The lowest BCUT2D eigenvalue weighted by atomic mass is 9.87. The molecule has 1 aromatic carbocycles. The van der Waals surface area contributed by atoms with E-state index >= 15 is 0 Å². The van der Waals surface area contributed by atoms with Gasteiger partial charge in [0.1, 0.15) is 5.92 Å². The van der Waals surface area contributed by atoms with Gasteiger partial charge in [-0.2, -0.15) is 0 Å². The summed E-state index contributed by atoms with van der Waals surface area (Å²) in [6.07, 6.45) is 12.0. The van der Waals surface area contributed by atoms with Crippen molar-refractivity contribution in [2.45, 2.75) is 105 Å². The standard InChI is InChI=1S/C26H42O3.H3OP/c1-6-8-10-11-12-13-14-15-17-29-26(28)23(16-9-7-2)25(27)24-21(4)18-20(3)19-22(24)5;1-2/h18-19,23H,6-17H2,1-5H3;2H3. The lowest BCUT2D eigenvalue weighted by Crippen LogP contribution is -2.28. The third kappa shape index (κ3) is 11.7. The number of Topliss-reactive ketones (excluding diaryl/α,β-unsaturated/α-hetero) is 1. The highest BCUT2D eigenvalue weighted by atomic mass is 31.0. The van der Waals surface area contributed by atoms with Gasteiger partial charge in [0, 0.05) is 5.56 Å². The maximum absolute atomic E-state index is 13.2. The molecular formula is C26H45O4P. The lowest BCUT2D eigenvalue weighted by Gasteiger charge is -2.18. The van der Waals surface area contributed by atoms with Gasteiger partial charge in [-0.25, -0.2) is 0 Å². The van der Waals surface area contributed by atoms with Crippen molar-refractivity contribution < 1.29 is 18.9 Å². The number of carbonyl (C=O) groups excluding carboxylic acids is 2. The zero-order valence-electron chi connectivity index (χ0n) is 20.6. The molecule has 0 spiro atoms. The van der Waals surface area contributed by atoms with Crippen LogP contribution in [0.5, 0.6) is 0 Å². The van der Waals surface area contributed by atoms with Crippen molar-refractivity contribution in [3.05, 3.63) is 34.4 Å². The van der Waals surface area contributed by atoms with Crippen LogP contribution in [-0.4, -0.2) is 18.4 Å². The number of hydrogen-bond donors (Lipinski definition) is 0. The molecule has 178 valence electrons. The van der Waals surface area contributed by atoms with Crippen LogP contribution in [0, 0.1) is 26.7 Å². The van der Waals surface area contributed by atoms with Gasteiger partial charge in [0.15, 0.2) is 5.78 Å². The zero-order chi connectivity index (χ0) is 23.6. The number of hydrogen-bond acceptors (Lipinski definition) is 4. The highest BCUT2D eigenvalue weighted by molar-refractivity contribution is 7.00. The predicted octanol–water partition coefficient (Wildman–Crippen LogP) is 7.22. The minimum atomic E-state index is -0.677. The first-order chi connectivity index (χ1) is 14.9. The first kappa shape index (κ1) is 29.6. The number of unbranched alkanes of at least 4 members (excludes halogenated alkanes) is 8. The number of ether oxygens (including phenoxy) is 1. The average molecular weight is 453 g/mol. The van der Waals surface area contributed by atoms with E-state index in [0.717, 1.165) is 42.4 Å². The van der Waals surface area contributed by atoms with Gasteiger partial charge in [0.25, 0.3) is 0 Å². The van der Waals surface area contributed by atoms with E-state index in [9.17, 15) is 9.59 Å². The van der Waals surface area contributed by atoms with E-state index in [1.165, 1.54) is 38.5 Å². The molecule has 2 atom stereocenters. The molecule has 5 heteroatoms. The second-order valence-corrected chi connectivity index (χ2v) is 8.48. The fourth-order valence-electron chi connectivity index (χ4n) is 4.02. The Balaban J connectivity index is 0.00000436. The Hall–Kier alpha value is -1.41. The number of aryl methyl sites for hydroxylation is 3. The molecule has 4 nitrogen and oxygen atoms in total. The summed E-state index contributed by atoms with van der Waals surface area (Å²) in [5, 5.41) is 0. The monoisotopic (exact) mass is 452 g/mol. The van der Waals surface area contributed by atoms with Crippen molar-refractivity contribution in [2.24, 2.45) is 5.92 Å². The largest absolute Gasteiger partial charge is 0.465 e. The molecule has 0 saturated heterocycles. The van der Waals surface area contributed by atoms with E-state index < -0.39 is 5.92 Å². The molecule has 0 aliphatic rings. The summed E-state index contributed by atoms with van der Waals surface area (Å²) in [6.45, 7) is 10.7. The van der Waals surface area contributed by atoms with Crippen LogP contribution in [0.2, 0.25) is 0 Å². The van der Waals surface area contributed by atoms with E-state index in [1.54, 1.807) is 0 Å². The molecule has 1 rings (SSSR count). The topological polar surface area (TPSA) is 60.4 Å². The van der Waals surface area contributed by atoms with E-state index in [1.807, 2.05) is 32.9 Å². The van der Waals surface area contributed by atoms with Crippen molar-refractivity contribution in [3.8, 4) is 0 Å². The molecule has 0 aliphatic heterocycles. The van der Waals surface area contributed by atoms with Crippen molar-refractivity contribution in [2.75, 3.05) is 6.61 Å². The maximum Gasteiger partial charge on any atom is 0.316 e. The van der Waals surface area contributed by atoms with Gasteiger partial charge in [-0.15, -0.1) is 0 Å². The molecule has 0 aromatic heterocycles. The number of carbonyl (C=O) groups is 2. The molecule has 0 heterocycles. The summed E-state index contributed by atoms with van der Waals surface area (Å²) in [4.78, 5) is 25.9. The molecule has 0 fully saturated rings. The van der Waals surface area contributed by atoms with Crippen molar-refractivity contribution in [3.63, 3.8) is 0 Å². The maximum atomic E-state index is 13.2. The summed E-state index contributed by atoms with van der Waals surface area (Å²) in [7, 11) is 0.611. The second-order valence-electron chi connectivity index (χ2n) is 8.48. The first-order valence-corrected chi connectivity index (χ1v) is 12.6. The van der Waals surface area contributed by atoms with Crippen LogP contribution in [0.25, 0.3) is 0 Å². The smallest absolute Gasteiger partial charge is 0.316 e. The molecule has 0 saturated carbocycles. The first-order valence-electron chi connectivity index (χ1n) is 12.0. The third-order valence-corrected chi connectivity index (χ3v) is 5.61. The van der Waals surface area contributed by atoms with Crippen LogP contribution in [0.3, 0.4) is 0 Å². The van der Waals surface area contributed by atoms with E-state index in [2.05, 4.69) is 13.8 Å². The lowest BCUT2D eigenvalue weighted by molar-refractivity contribution is -0.147. The van der Waals surface area contributed by atoms with Crippen LogP contribution < -0.4 is 0 Å². The molecular weight excluding hydrogens is 407 g/mol. The van der Waals surface area contributed by atoms with Gasteiger partial charge in [-0.3, -0.25) is 9.59 Å². The molecule has 0 bridgehead atoms. The normalized spacial score (nSPS) is 11.5. The van der Waals surface area contributed by atoms with Gasteiger partial charge in [-0.05, 0) is 44.7 Å². The van der Waals surface area contributed by atoms with Crippen LogP contribution in [-0.2, 0) is 14.1 Å². The SMILES string of the molecule is CCCCCCCCCCOC(=O)C(CCCC)C(=O)c1c(C)cc(C)cc1C.O=[PH3]. The molecule has 0 aliphatic carbocycles. The Bertz CT molecular complexity index is 634. The van der Waals surface area contributed by atoms with Gasteiger partial charge in [0.05, 0.1) is 15.7 Å². The van der Waals surface area contributed by atoms with Crippen LogP contribution in [0.15, 0.2) is 12.1 Å². The van der Waals surface area contributed by atoms with Gasteiger partial charge >= 0.3 is 5.97 Å². The zero-order valence-corrected chi connectivity index (χ0v) is 22.0. The summed E-state index contributed by atoms with van der Waals surface area (Å²) < 4.78 is 13.8. The van der Waals surface area contributed by atoms with Crippen molar-refractivity contribution in [1.82, 2.24) is 0 Å². The number of ketones is 1. The van der Waals surface area contributed by atoms with Crippen LogP contribution >= 0.6 is 9.12 Å². The Labute approximate surface area is 192 Å². The molecule has 1 aromatic rings. The average Bonchev–Trinajstić information content (AvgIpc) is 2.73. The predicted molar refractivity (Wildman–Crippen MR) is 133 cm³/mol. The highest BCUT2D eigenvalue weighted by Crippen LogP contribution is 2.24. The van der Waals surface area contributed by atoms with Gasteiger partial charge in [0.2, 0.25) is 0 Å². The third-order valence-electron chi connectivity index (χ3n) is 5.61. The fraction of sp³-hybridized carbons (Fsp3) is 0.692. The van der Waals surface area contributed by atoms with E-state index in [4.69, 9.17) is 9.30 Å².